The van der Waals surface area contributed by atoms with Crippen LogP contribution in [0.5, 0.6) is 0 Å². The number of nitro groups is 1. The van der Waals surface area contributed by atoms with Gasteiger partial charge in [-0.25, -0.2) is 0 Å². The van der Waals surface area contributed by atoms with Gasteiger partial charge in [-0.3, -0.25) is 10.1 Å². The highest BCUT2D eigenvalue weighted by atomic mass is 19.4. The Morgan fingerprint density at radius 1 is 1.29 bits per heavy atom. The van der Waals surface area contributed by atoms with E-state index in [4.69, 9.17) is 0 Å². The molecule has 1 rings (SSSR count). The van der Waals surface area contributed by atoms with E-state index in [9.17, 15) is 27.5 Å². The molecule has 8 heteroatoms. The van der Waals surface area contributed by atoms with Crippen LogP contribution in [0.25, 0.3) is 0 Å². The van der Waals surface area contributed by atoms with E-state index < -0.39 is 28.9 Å². The highest BCUT2D eigenvalue weighted by Crippen LogP contribution is 2.17. The lowest BCUT2D eigenvalue weighted by molar-refractivity contribution is -0.387. The quantitative estimate of drug-likeness (QED) is 0.321. The van der Waals surface area contributed by atoms with E-state index in [0.717, 1.165) is 0 Å². The Morgan fingerprint density at radius 2 is 1.86 bits per heavy atom. The minimum atomic E-state index is -5.32. The second-order valence-electron chi connectivity index (χ2n) is 2.54. The van der Waals surface area contributed by atoms with Crippen LogP contribution in [0.1, 0.15) is 0 Å². The van der Waals surface area contributed by atoms with E-state index in [1.165, 1.54) is 0 Å². The first-order chi connectivity index (χ1) is 6.32. The van der Waals surface area contributed by atoms with Crippen LogP contribution in [0.3, 0.4) is 0 Å². The largest absolute Gasteiger partial charge is 0.509 e. The first kappa shape index (κ1) is 10.5. The summed E-state index contributed by atoms with van der Waals surface area (Å²) in [6.45, 7) is -5.32. The standard InChI is InChI=1S/C6H3BF4NO2/c8-5-3-4(7(9,10)11)1-2-6(5)12(13)14/h1-3H/q-1. The molecule has 0 aliphatic heterocycles. The fraction of sp³-hybridized carbons (Fsp3) is 0. The van der Waals surface area contributed by atoms with Crippen molar-refractivity contribution in [3.8, 4) is 0 Å². The van der Waals surface area contributed by atoms with Crippen LogP contribution in [0.15, 0.2) is 18.2 Å². The smallest absolute Gasteiger partial charge is 0.445 e. The number of nitrogens with zero attached hydrogens (tertiary/aromatic N) is 1. The molecule has 0 aliphatic carbocycles. The summed E-state index contributed by atoms with van der Waals surface area (Å²) in [6, 6.07) is 1.11. The zero-order valence-electron chi connectivity index (χ0n) is 6.58. The van der Waals surface area contributed by atoms with E-state index in [2.05, 4.69) is 0 Å². The summed E-state index contributed by atoms with van der Waals surface area (Å²) < 4.78 is 48.8. The van der Waals surface area contributed by atoms with Gasteiger partial charge >= 0.3 is 12.7 Å². The van der Waals surface area contributed by atoms with Crippen molar-refractivity contribution < 1.29 is 22.3 Å². The van der Waals surface area contributed by atoms with E-state index in [1.807, 2.05) is 0 Å². The van der Waals surface area contributed by atoms with E-state index in [0.29, 0.717) is 12.1 Å². The van der Waals surface area contributed by atoms with Crippen molar-refractivity contribution in [1.29, 1.82) is 0 Å². The van der Waals surface area contributed by atoms with Crippen molar-refractivity contribution >= 4 is 18.1 Å². The molecule has 0 radical (unpaired) electrons. The topological polar surface area (TPSA) is 43.1 Å². The molecule has 3 nitrogen and oxygen atoms in total. The van der Waals surface area contributed by atoms with Gasteiger partial charge in [-0.05, 0) is 6.07 Å². The van der Waals surface area contributed by atoms with Crippen LogP contribution in [0, 0.1) is 15.9 Å². The predicted molar refractivity (Wildman–Crippen MR) is 41.8 cm³/mol. The number of nitro benzene ring substituents is 1. The Hall–Kier alpha value is -1.60. The summed E-state index contributed by atoms with van der Waals surface area (Å²) in [6.07, 6.45) is 0. The molecule has 0 heterocycles. The van der Waals surface area contributed by atoms with Crippen molar-refractivity contribution in [2.24, 2.45) is 0 Å². The summed E-state index contributed by atoms with van der Waals surface area (Å²) in [5.41, 5.74) is -2.15. The van der Waals surface area contributed by atoms with Gasteiger partial charge < -0.3 is 12.9 Å². The van der Waals surface area contributed by atoms with Crippen LogP contribution in [0.2, 0.25) is 0 Å². The number of hydrogen-bond acceptors (Lipinski definition) is 2. The Kier molecular flexibility index (Phi) is 2.46. The summed E-state index contributed by atoms with van der Waals surface area (Å²) in [7, 11) is 0. The van der Waals surface area contributed by atoms with Crippen molar-refractivity contribution in [2.45, 2.75) is 0 Å². The Morgan fingerprint density at radius 3 is 2.21 bits per heavy atom. The van der Waals surface area contributed by atoms with Gasteiger partial charge in [-0.2, -0.15) is 4.39 Å². The third-order valence-corrected chi connectivity index (χ3v) is 1.55. The van der Waals surface area contributed by atoms with Gasteiger partial charge in [0, 0.05) is 6.07 Å². The van der Waals surface area contributed by atoms with Gasteiger partial charge in [0.2, 0.25) is 0 Å². The van der Waals surface area contributed by atoms with Crippen LogP contribution >= 0.6 is 0 Å². The second-order valence-corrected chi connectivity index (χ2v) is 2.54. The SMILES string of the molecule is O=[N+]([O-])c1ccc([B-](F)(F)F)cc1F. The minimum absolute atomic E-state index is 0.123. The molecule has 0 unspecified atom stereocenters. The number of hydrogen-bond donors (Lipinski definition) is 0. The third kappa shape index (κ3) is 2.01. The monoisotopic (exact) mass is 208 g/mol. The maximum atomic E-state index is 12.7. The van der Waals surface area contributed by atoms with Crippen molar-refractivity contribution in [2.75, 3.05) is 0 Å². The van der Waals surface area contributed by atoms with Crippen LogP contribution < -0.4 is 5.46 Å². The number of rotatable bonds is 2. The molecular formula is C6H3BF4NO2-. The lowest BCUT2D eigenvalue weighted by Crippen LogP contribution is -2.34. The normalized spacial score (nSPS) is 11.4. The molecule has 0 saturated heterocycles. The molecule has 0 aromatic heterocycles. The van der Waals surface area contributed by atoms with E-state index in [-0.39, 0.29) is 6.07 Å². The summed E-state index contributed by atoms with van der Waals surface area (Å²) in [4.78, 5) is 8.99. The average Bonchev–Trinajstić information content (AvgIpc) is 2.01. The van der Waals surface area contributed by atoms with Crippen LogP contribution in [0.4, 0.5) is 23.0 Å². The van der Waals surface area contributed by atoms with Gasteiger partial charge in [-0.15, -0.1) is 5.46 Å². The van der Waals surface area contributed by atoms with Gasteiger partial charge in [-0.1, -0.05) is 6.07 Å². The molecule has 0 fully saturated rings. The van der Waals surface area contributed by atoms with Gasteiger partial charge in [0.1, 0.15) is 0 Å². The lowest BCUT2D eigenvalue weighted by Gasteiger charge is -2.13. The maximum absolute atomic E-state index is 12.7. The predicted octanol–water partition coefficient (Wildman–Crippen LogP) is 1.79. The molecular weight excluding hydrogens is 205 g/mol. The first-order valence-corrected chi connectivity index (χ1v) is 3.46. The fourth-order valence-corrected chi connectivity index (χ4v) is 0.875. The van der Waals surface area contributed by atoms with Crippen LogP contribution in [-0.4, -0.2) is 11.9 Å². The molecule has 0 atom stereocenters. The first-order valence-electron chi connectivity index (χ1n) is 3.46. The zero-order chi connectivity index (χ0) is 10.9. The molecule has 0 amide bonds. The second kappa shape index (κ2) is 3.28. The summed E-state index contributed by atoms with van der Waals surface area (Å²) in [5.74, 6) is -1.48. The Labute approximate surface area is 75.6 Å². The Balaban J connectivity index is 3.20. The van der Waals surface area contributed by atoms with E-state index in [1.54, 1.807) is 0 Å². The molecule has 14 heavy (non-hydrogen) atoms. The summed E-state index contributed by atoms with van der Waals surface area (Å²) in [5, 5.41) is 10.1. The Bertz CT molecular complexity index is 379. The maximum Gasteiger partial charge on any atom is 0.509 e. The minimum Gasteiger partial charge on any atom is -0.445 e. The molecule has 76 valence electrons. The molecule has 0 bridgehead atoms. The molecule has 0 N–H and O–H groups in total. The molecule has 0 spiro atoms. The molecule has 1 aromatic carbocycles. The van der Waals surface area contributed by atoms with Crippen molar-refractivity contribution in [3.63, 3.8) is 0 Å². The number of benzene rings is 1. The lowest BCUT2D eigenvalue weighted by atomic mass is 9.80. The van der Waals surface area contributed by atoms with Gasteiger partial charge in [0.15, 0.2) is 5.82 Å². The fourth-order valence-electron chi connectivity index (χ4n) is 0.875. The summed E-state index contributed by atoms with van der Waals surface area (Å²) >= 11 is 0. The molecule has 1 aromatic rings. The van der Waals surface area contributed by atoms with E-state index >= 15 is 0 Å². The molecule has 0 aliphatic rings. The average molecular weight is 208 g/mol. The number of halogens is 4. The zero-order valence-corrected chi connectivity index (χ0v) is 6.58. The molecule has 0 saturated carbocycles. The third-order valence-electron chi connectivity index (χ3n) is 1.55. The van der Waals surface area contributed by atoms with Crippen molar-refractivity contribution in [1.82, 2.24) is 0 Å². The van der Waals surface area contributed by atoms with Gasteiger partial charge in [0.25, 0.3) is 0 Å². The van der Waals surface area contributed by atoms with Crippen molar-refractivity contribution in [3.05, 3.63) is 34.1 Å². The highest BCUT2D eigenvalue weighted by molar-refractivity contribution is 6.73. The van der Waals surface area contributed by atoms with Crippen LogP contribution in [-0.2, 0) is 0 Å². The van der Waals surface area contributed by atoms with Gasteiger partial charge in [0.05, 0.1) is 4.92 Å². The highest BCUT2D eigenvalue weighted by Gasteiger charge is 2.27.